The Morgan fingerprint density at radius 2 is 2.10 bits per heavy atom. The lowest BCUT2D eigenvalue weighted by Gasteiger charge is -2.01. The fraction of sp³-hybridized carbons (Fsp3) is 0.375. The van der Waals surface area contributed by atoms with Gasteiger partial charge in [0.15, 0.2) is 0 Å². The van der Waals surface area contributed by atoms with Gasteiger partial charge in [-0.2, -0.15) is 0 Å². The summed E-state index contributed by atoms with van der Waals surface area (Å²) in [5.74, 6) is 0. The third-order valence-corrected chi connectivity index (χ3v) is 1.56. The Morgan fingerprint density at radius 1 is 1.40 bits per heavy atom. The summed E-state index contributed by atoms with van der Waals surface area (Å²) >= 11 is 0. The molecule has 0 atom stereocenters. The molecular formula is C8H12N2. The van der Waals surface area contributed by atoms with Crippen molar-refractivity contribution >= 4 is 6.34 Å². The van der Waals surface area contributed by atoms with Crippen molar-refractivity contribution in [3.63, 3.8) is 0 Å². The molecule has 0 bridgehead atoms. The van der Waals surface area contributed by atoms with Gasteiger partial charge in [-0.3, -0.25) is 0 Å². The van der Waals surface area contributed by atoms with Gasteiger partial charge in [-0.25, -0.2) is 4.99 Å². The van der Waals surface area contributed by atoms with Crippen molar-refractivity contribution in [1.82, 2.24) is 4.90 Å². The van der Waals surface area contributed by atoms with Gasteiger partial charge in [0, 0.05) is 18.9 Å². The lowest BCUT2D eigenvalue weighted by Crippen LogP contribution is -2.05. The first-order valence-electron chi connectivity index (χ1n) is 3.32. The first kappa shape index (κ1) is 7.06. The Morgan fingerprint density at radius 3 is 2.80 bits per heavy atom. The molecule has 1 aliphatic heterocycles. The maximum atomic E-state index is 4.20. The zero-order chi connectivity index (χ0) is 7.56. The van der Waals surface area contributed by atoms with Gasteiger partial charge in [-0.05, 0) is 25.5 Å². The minimum Gasteiger partial charge on any atom is -0.342 e. The van der Waals surface area contributed by atoms with Crippen LogP contribution in [0.2, 0.25) is 0 Å². The predicted octanol–water partition coefficient (Wildman–Crippen LogP) is 1.77. The maximum Gasteiger partial charge on any atom is 0.0945 e. The molecule has 0 unspecified atom stereocenters. The largest absolute Gasteiger partial charge is 0.342 e. The van der Waals surface area contributed by atoms with Gasteiger partial charge in [0.05, 0.1) is 6.34 Å². The van der Waals surface area contributed by atoms with E-state index in [0.29, 0.717) is 0 Å². The van der Waals surface area contributed by atoms with Crippen LogP contribution in [0.4, 0.5) is 0 Å². The number of allylic oxidation sites excluding steroid dienone is 3. The zero-order valence-corrected chi connectivity index (χ0v) is 6.63. The molecule has 0 N–H and O–H groups in total. The molecule has 1 aliphatic rings. The van der Waals surface area contributed by atoms with Gasteiger partial charge in [0.2, 0.25) is 0 Å². The van der Waals surface area contributed by atoms with Crippen LogP contribution in [0.1, 0.15) is 13.8 Å². The molecule has 0 aliphatic carbocycles. The summed E-state index contributed by atoms with van der Waals surface area (Å²) in [6, 6.07) is 0. The predicted molar refractivity (Wildman–Crippen MR) is 43.8 cm³/mol. The molecule has 0 aromatic heterocycles. The maximum absolute atomic E-state index is 4.20. The van der Waals surface area contributed by atoms with Gasteiger partial charge >= 0.3 is 0 Å². The Labute approximate surface area is 61.6 Å². The number of aliphatic imine (C=N–C) groups is 1. The lowest BCUT2D eigenvalue weighted by molar-refractivity contribution is 0.711. The third kappa shape index (κ3) is 1.47. The summed E-state index contributed by atoms with van der Waals surface area (Å²) in [5, 5.41) is 0. The molecule has 2 heteroatoms. The molecule has 0 fully saturated rings. The van der Waals surface area contributed by atoms with E-state index in [1.807, 2.05) is 31.4 Å². The van der Waals surface area contributed by atoms with Crippen molar-refractivity contribution in [1.29, 1.82) is 0 Å². The molecule has 1 rings (SSSR count). The van der Waals surface area contributed by atoms with E-state index in [4.69, 9.17) is 0 Å². The van der Waals surface area contributed by atoms with Crippen LogP contribution >= 0.6 is 0 Å². The second kappa shape index (κ2) is 2.69. The van der Waals surface area contributed by atoms with Gasteiger partial charge in [-0.1, -0.05) is 0 Å². The third-order valence-electron chi connectivity index (χ3n) is 1.56. The van der Waals surface area contributed by atoms with Crippen LogP contribution in [0, 0.1) is 0 Å². The second-order valence-electron chi connectivity index (χ2n) is 2.49. The quantitative estimate of drug-likeness (QED) is 0.495. The molecule has 1 heterocycles. The summed E-state index contributed by atoms with van der Waals surface area (Å²) in [6.07, 6.45) is 5.86. The zero-order valence-electron chi connectivity index (χ0n) is 6.63. The molecule has 0 amide bonds. The van der Waals surface area contributed by atoms with E-state index in [0.717, 1.165) is 5.70 Å². The van der Waals surface area contributed by atoms with E-state index in [9.17, 15) is 0 Å². The molecular weight excluding hydrogens is 124 g/mol. The Hall–Kier alpha value is -1.05. The minimum atomic E-state index is 1.08. The highest BCUT2D eigenvalue weighted by molar-refractivity contribution is 5.59. The van der Waals surface area contributed by atoms with Crippen LogP contribution in [-0.2, 0) is 0 Å². The van der Waals surface area contributed by atoms with Crippen molar-refractivity contribution in [2.75, 3.05) is 7.05 Å². The van der Waals surface area contributed by atoms with Gasteiger partial charge in [-0.15, -0.1) is 0 Å². The van der Waals surface area contributed by atoms with Crippen LogP contribution < -0.4 is 0 Å². The fourth-order valence-corrected chi connectivity index (χ4v) is 0.668. The number of hydrogen-bond donors (Lipinski definition) is 0. The first-order chi connectivity index (χ1) is 4.70. The normalized spacial score (nSPS) is 18.1. The summed E-state index contributed by atoms with van der Waals surface area (Å²) < 4.78 is 0. The molecule has 0 radical (unpaired) electrons. The molecule has 0 saturated heterocycles. The number of nitrogens with zero attached hydrogens (tertiary/aromatic N) is 2. The van der Waals surface area contributed by atoms with E-state index in [1.165, 1.54) is 5.57 Å². The van der Waals surface area contributed by atoms with Crippen LogP contribution in [-0.4, -0.2) is 18.3 Å². The van der Waals surface area contributed by atoms with Gasteiger partial charge in [0.25, 0.3) is 0 Å². The van der Waals surface area contributed by atoms with Crippen molar-refractivity contribution in [3.05, 3.63) is 23.5 Å². The molecule has 54 valence electrons. The monoisotopic (exact) mass is 136 g/mol. The molecule has 0 aromatic rings. The highest BCUT2D eigenvalue weighted by atomic mass is 15.1. The molecule has 10 heavy (non-hydrogen) atoms. The average Bonchev–Trinajstić information content (AvgIpc) is 2.04. The van der Waals surface area contributed by atoms with E-state index in [-0.39, 0.29) is 0 Å². The van der Waals surface area contributed by atoms with E-state index in [1.54, 1.807) is 0 Å². The molecule has 0 spiro atoms. The van der Waals surface area contributed by atoms with Crippen LogP contribution in [0.15, 0.2) is 28.5 Å². The van der Waals surface area contributed by atoms with E-state index in [2.05, 4.69) is 18.0 Å². The summed E-state index contributed by atoms with van der Waals surface area (Å²) in [4.78, 5) is 6.13. The first-order valence-corrected chi connectivity index (χ1v) is 3.32. The van der Waals surface area contributed by atoms with Gasteiger partial charge in [0.1, 0.15) is 0 Å². The Balaban J connectivity index is 2.91. The van der Waals surface area contributed by atoms with Crippen LogP contribution in [0.25, 0.3) is 0 Å². The van der Waals surface area contributed by atoms with E-state index < -0.39 is 0 Å². The topological polar surface area (TPSA) is 15.6 Å². The SMILES string of the molecule is CC1=C(C)N=CN(C)C=C1. The number of hydrogen-bond acceptors (Lipinski definition) is 2. The summed E-state index contributed by atoms with van der Waals surface area (Å²) in [7, 11) is 1.96. The van der Waals surface area contributed by atoms with Crippen molar-refractivity contribution < 1.29 is 0 Å². The smallest absolute Gasteiger partial charge is 0.0945 e. The molecule has 0 aromatic carbocycles. The highest BCUT2D eigenvalue weighted by Gasteiger charge is 1.94. The fourth-order valence-electron chi connectivity index (χ4n) is 0.668. The number of rotatable bonds is 0. The molecule has 2 nitrogen and oxygen atoms in total. The summed E-state index contributed by atoms with van der Waals surface area (Å²) in [6.45, 7) is 4.07. The Kier molecular flexibility index (Phi) is 1.90. The molecule has 0 saturated carbocycles. The lowest BCUT2D eigenvalue weighted by atomic mass is 10.2. The summed E-state index contributed by atoms with van der Waals surface area (Å²) in [5.41, 5.74) is 2.31. The van der Waals surface area contributed by atoms with Gasteiger partial charge < -0.3 is 4.90 Å². The second-order valence-corrected chi connectivity index (χ2v) is 2.49. The van der Waals surface area contributed by atoms with E-state index >= 15 is 0 Å². The Bertz CT molecular complexity index is 189. The minimum absolute atomic E-state index is 1.08. The van der Waals surface area contributed by atoms with Crippen LogP contribution in [0.3, 0.4) is 0 Å². The standard InChI is InChI=1S/C8H12N2/c1-7-4-5-10(3)6-9-8(7)2/h4-6H,1-3H3. The highest BCUT2D eigenvalue weighted by Crippen LogP contribution is 2.08. The average molecular weight is 136 g/mol. The van der Waals surface area contributed by atoms with Crippen molar-refractivity contribution in [3.8, 4) is 0 Å². The van der Waals surface area contributed by atoms with Crippen molar-refractivity contribution in [2.45, 2.75) is 13.8 Å². The van der Waals surface area contributed by atoms with Crippen molar-refractivity contribution in [2.24, 2.45) is 4.99 Å². The van der Waals surface area contributed by atoms with Crippen LogP contribution in [0.5, 0.6) is 0 Å².